The molecule has 0 radical (unpaired) electrons. The molecule has 1 aromatic carbocycles. The zero-order valence-electron chi connectivity index (χ0n) is 16.1. The molecule has 2 heterocycles. The summed E-state index contributed by atoms with van der Waals surface area (Å²) in [7, 11) is 0. The highest BCUT2D eigenvalue weighted by molar-refractivity contribution is 6.15. The van der Waals surface area contributed by atoms with Gasteiger partial charge in [0.2, 0.25) is 11.6 Å². The predicted octanol–water partition coefficient (Wildman–Crippen LogP) is 0.949. The predicted molar refractivity (Wildman–Crippen MR) is 101 cm³/mol. The molecule has 3 rings (SSSR count). The van der Waals surface area contributed by atoms with Gasteiger partial charge >= 0.3 is 5.97 Å². The molecule has 0 spiro atoms. The van der Waals surface area contributed by atoms with Crippen LogP contribution in [-0.4, -0.2) is 54.0 Å². The number of hydrogen-bond acceptors (Lipinski definition) is 6. The highest BCUT2D eigenvalue weighted by Gasteiger charge is 2.61. The zero-order chi connectivity index (χ0) is 21.0. The maximum atomic E-state index is 13.2. The number of benzene rings is 1. The third kappa shape index (κ3) is 3.42. The molecule has 0 aliphatic carbocycles. The molecule has 9 heteroatoms. The van der Waals surface area contributed by atoms with Crippen molar-refractivity contribution in [3.63, 3.8) is 0 Å². The van der Waals surface area contributed by atoms with Gasteiger partial charge in [-0.3, -0.25) is 19.3 Å². The van der Waals surface area contributed by atoms with Gasteiger partial charge in [-0.1, -0.05) is 19.1 Å². The van der Waals surface area contributed by atoms with Crippen molar-refractivity contribution in [1.82, 2.24) is 10.2 Å². The summed E-state index contributed by atoms with van der Waals surface area (Å²) >= 11 is 0. The molecule has 1 atom stereocenters. The summed E-state index contributed by atoms with van der Waals surface area (Å²) in [6, 6.07) is 8.57. The smallest absolute Gasteiger partial charge is 0.354 e. The van der Waals surface area contributed by atoms with Crippen molar-refractivity contribution in [2.75, 3.05) is 24.6 Å². The fourth-order valence-electron chi connectivity index (χ4n) is 3.83. The Labute approximate surface area is 168 Å². The zero-order valence-corrected chi connectivity index (χ0v) is 16.1. The van der Waals surface area contributed by atoms with E-state index in [1.165, 1.54) is 9.80 Å². The molecule has 0 unspecified atom stereocenters. The van der Waals surface area contributed by atoms with E-state index in [4.69, 9.17) is 10.00 Å². The minimum atomic E-state index is -1.59. The van der Waals surface area contributed by atoms with Gasteiger partial charge < -0.3 is 15.0 Å². The van der Waals surface area contributed by atoms with E-state index in [9.17, 15) is 19.2 Å². The van der Waals surface area contributed by atoms with E-state index in [1.54, 1.807) is 24.3 Å². The highest BCUT2D eigenvalue weighted by atomic mass is 16.5. The van der Waals surface area contributed by atoms with Crippen LogP contribution in [0.25, 0.3) is 0 Å². The molecule has 9 nitrogen and oxygen atoms in total. The Bertz CT molecular complexity index is 893. The lowest BCUT2D eigenvalue weighted by molar-refractivity contribution is -0.160. The van der Waals surface area contributed by atoms with E-state index < -0.39 is 24.1 Å². The van der Waals surface area contributed by atoms with Crippen LogP contribution >= 0.6 is 0 Å². The first-order valence-corrected chi connectivity index (χ1v) is 9.52. The fraction of sp³-hybridized carbons (Fsp3) is 0.450. The van der Waals surface area contributed by atoms with Gasteiger partial charge in [-0.2, -0.15) is 5.26 Å². The Morgan fingerprint density at radius 2 is 2.07 bits per heavy atom. The second-order valence-electron chi connectivity index (χ2n) is 6.85. The van der Waals surface area contributed by atoms with Crippen LogP contribution in [0, 0.1) is 11.3 Å². The van der Waals surface area contributed by atoms with E-state index >= 15 is 0 Å². The number of carbonyl (C=O) groups excluding carboxylic acids is 4. The topological polar surface area (TPSA) is 120 Å². The van der Waals surface area contributed by atoms with Crippen LogP contribution in [0.5, 0.6) is 0 Å². The first-order valence-electron chi connectivity index (χ1n) is 9.52. The number of rotatable bonds is 7. The SMILES string of the molecule is CCCN1C(=O)c2ccccc2N2C(=O)CC[C@@]12C(=O)OCC(=O)NCCC#N. The minimum Gasteiger partial charge on any atom is -0.452 e. The van der Waals surface area contributed by atoms with Crippen molar-refractivity contribution in [3.8, 4) is 6.07 Å². The number of esters is 1. The molecule has 1 aromatic rings. The number of para-hydroxylation sites is 1. The molecule has 0 aromatic heterocycles. The summed E-state index contributed by atoms with van der Waals surface area (Å²) in [6.07, 6.45) is 0.910. The van der Waals surface area contributed by atoms with Crippen LogP contribution in [-0.2, 0) is 19.1 Å². The Kier molecular flexibility index (Phi) is 5.82. The van der Waals surface area contributed by atoms with Crippen LogP contribution in [0.1, 0.15) is 43.0 Å². The maximum absolute atomic E-state index is 13.2. The number of amides is 3. The minimum absolute atomic E-state index is 0.0886. The third-order valence-electron chi connectivity index (χ3n) is 5.04. The van der Waals surface area contributed by atoms with Crippen LogP contribution in [0.3, 0.4) is 0 Å². The van der Waals surface area contributed by atoms with Crippen molar-refractivity contribution in [1.29, 1.82) is 5.26 Å². The largest absolute Gasteiger partial charge is 0.452 e. The van der Waals surface area contributed by atoms with Gasteiger partial charge in [0.05, 0.1) is 23.7 Å². The van der Waals surface area contributed by atoms with E-state index in [0.29, 0.717) is 17.7 Å². The molecule has 2 aliphatic rings. The van der Waals surface area contributed by atoms with Crippen LogP contribution in [0.4, 0.5) is 5.69 Å². The van der Waals surface area contributed by atoms with Crippen LogP contribution in [0.2, 0.25) is 0 Å². The summed E-state index contributed by atoms with van der Waals surface area (Å²) in [5.41, 5.74) is -0.859. The van der Waals surface area contributed by atoms with E-state index in [1.807, 2.05) is 13.0 Å². The highest BCUT2D eigenvalue weighted by Crippen LogP contribution is 2.45. The van der Waals surface area contributed by atoms with Gasteiger partial charge in [-0.25, -0.2) is 4.79 Å². The Balaban J connectivity index is 1.92. The normalized spacial score (nSPS) is 20.0. The molecule has 2 aliphatic heterocycles. The Morgan fingerprint density at radius 1 is 1.31 bits per heavy atom. The standard InChI is InChI=1S/C20H22N4O5/c1-2-12-23-18(27)14-6-3-4-7-15(14)24-17(26)8-9-20(23,24)19(28)29-13-16(25)22-11-5-10-21/h3-4,6-7H,2,5,8-9,11-13H2,1H3,(H,22,25)/t20-/m1/s1. The lowest BCUT2D eigenvalue weighted by Crippen LogP contribution is -2.68. The lowest BCUT2D eigenvalue weighted by Gasteiger charge is -2.48. The molecule has 0 saturated carbocycles. The van der Waals surface area contributed by atoms with E-state index in [-0.39, 0.29) is 44.2 Å². The number of hydrogen-bond donors (Lipinski definition) is 1. The number of nitrogens with one attached hydrogen (secondary N) is 1. The van der Waals surface area contributed by atoms with Crippen molar-refractivity contribution >= 4 is 29.4 Å². The van der Waals surface area contributed by atoms with Gasteiger partial charge in [-0.05, 0) is 18.6 Å². The molecular weight excluding hydrogens is 376 g/mol. The van der Waals surface area contributed by atoms with Gasteiger partial charge in [0.1, 0.15) is 0 Å². The van der Waals surface area contributed by atoms with E-state index in [2.05, 4.69) is 5.32 Å². The van der Waals surface area contributed by atoms with Gasteiger partial charge in [0.15, 0.2) is 6.61 Å². The van der Waals surface area contributed by atoms with E-state index in [0.717, 1.165) is 0 Å². The molecular formula is C20H22N4O5. The number of ether oxygens (including phenoxy) is 1. The number of nitriles is 1. The number of anilines is 1. The first kappa shape index (κ1) is 20.3. The molecule has 1 fully saturated rings. The number of carbonyl (C=O) groups is 4. The molecule has 3 amide bonds. The quantitative estimate of drug-likeness (QED) is 0.539. The number of nitrogens with zero attached hydrogens (tertiary/aromatic N) is 3. The van der Waals surface area contributed by atoms with Crippen LogP contribution in [0.15, 0.2) is 24.3 Å². The van der Waals surface area contributed by atoms with Crippen molar-refractivity contribution in [3.05, 3.63) is 29.8 Å². The summed E-state index contributed by atoms with van der Waals surface area (Å²) in [6.45, 7) is 1.73. The lowest BCUT2D eigenvalue weighted by atomic mass is 9.96. The molecule has 152 valence electrons. The maximum Gasteiger partial charge on any atom is 0.354 e. The second kappa shape index (κ2) is 8.31. The summed E-state index contributed by atoms with van der Waals surface area (Å²) in [4.78, 5) is 53.6. The first-order chi connectivity index (χ1) is 14.0. The summed E-state index contributed by atoms with van der Waals surface area (Å²) in [5, 5.41) is 11.0. The molecule has 29 heavy (non-hydrogen) atoms. The van der Waals surface area contributed by atoms with Gasteiger partial charge in [0.25, 0.3) is 11.8 Å². The average molecular weight is 398 g/mol. The molecule has 0 bridgehead atoms. The average Bonchev–Trinajstić information content (AvgIpc) is 3.08. The monoisotopic (exact) mass is 398 g/mol. The Hall–Kier alpha value is -3.41. The molecule has 1 saturated heterocycles. The number of fused-ring (bicyclic) bond motifs is 3. The van der Waals surface area contributed by atoms with Crippen molar-refractivity contribution in [2.45, 2.75) is 38.3 Å². The van der Waals surface area contributed by atoms with Gasteiger partial charge in [0, 0.05) is 25.9 Å². The molecule has 1 N–H and O–H groups in total. The summed E-state index contributed by atoms with van der Waals surface area (Å²) in [5.74, 6) is -1.98. The second-order valence-corrected chi connectivity index (χ2v) is 6.85. The van der Waals surface area contributed by atoms with Crippen molar-refractivity contribution in [2.24, 2.45) is 0 Å². The van der Waals surface area contributed by atoms with Crippen LogP contribution < -0.4 is 10.2 Å². The third-order valence-corrected chi connectivity index (χ3v) is 5.04. The van der Waals surface area contributed by atoms with Gasteiger partial charge in [-0.15, -0.1) is 0 Å². The Morgan fingerprint density at radius 3 is 2.79 bits per heavy atom. The van der Waals surface area contributed by atoms with Crippen molar-refractivity contribution < 1.29 is 23.9 Å². The fourth-order valence-corrected chi connectivity index (χ4v) is 3.83. The summed E-state index contributed by atoms with van der Waals surface area (Å²) < 4.78 is 5.25.